The molecule has 35 heavy (non-hydrogen) atoms. The summed E-state index contributed by atoms with van der Waals surface area (Å²) in [5.41, 5.74) is 10.7. The fourth-order valence-electron chi connectivity index (χ4n) is 4.68. The third-order valence-corrected chi connectivity index (χ3v) is 6.62. The van der Waals surface area contributed by atoms with Crippen molar-refractivity contribution in [2.75, 3.05) is 0 Å². The Morgan fingerprint density at radius 2 is 1.89 bits per heavy atom. The van der Waals surface area contributed by atoms with Gasteiger partial charge in [-0.05, 0) is 35.6 Å². The molecule has 4 N–H and O–H groups in total. The SMILES string of the molecule is CC(C)c1ccc([C@@H](NC(=O)[C@@H]2C[C@@H](F)[C@H](C)N2C(=O)CC2=CNNN2)c2ccccc2)cc1F. The zero-order chi connectivity index (χ0) is 25.1. The number of nitrogens with one attached hydrogen (secondary N) is 4. The normalized spacial score (nSPS) is 22.4. The summed E-state index contributed by atoms with van der Waals surface area (Å²) in [6, 6.07) is 11.8. The number of rotatable bonds is 7. The molecular weight excluding hydrogens is 452 g/mol. The molecule has 0 saturated carbocycles. The lowest BCUT2D eigenvalue weighted by Gasteiger charge is -2.30. The highest BCUT2D eigenvalue weighted by atomic mass is 19.1. The van der Waals surface area contributed by atoms with Gasteiger partial charge in [-0.15, -0.1) is 0 Å². The molecule has 0 bridgehead atoms. The maximum absolute atomic E-state index is 14.8. The predicted molar refractivity (Wildman–Crippen MR) is 129 cm³/mol. The van der Waals surface area contributed by atoms with Gasteiger partial charge in [0, 0.05) is 12.6 Å². The zero-order valence-corrected chi connectivity index (χ0v) is 20.0. The van der Waals surface area contributed by atoms with E-state index >= 15 is 0 Å². The van der Waals surface area contributed by atoms with Gasteiger partial charge in [-0.1, -0.05) is 56.3 Å². The van der Waals surface area contributed by atoms with E-state index in [0.29, 0.717) is 16.8 Å². The van der Waals surface area contributed by atoms with E-state index in [0.717, 1.165) is 5.56 Å². The van der Waals surface area contributed by atoms with E-state index < -0.39 is 30.2 Å². The van der Waals surface area contributed by atoms with Crippen molar-refractivity contribution in [1.29, 1.82) is 0 Å². The molecule has 2 aliphatic rings. The van der Waals surface area contributed by atoms with E-state index in [1.165, 1.54) is 11.0 Å². The first kappa shape index (κ1) is 24.7. The fraction of sp³-hybridized carbons (Fsp3) is 0.385. The number of amides is 2. The van der Waals surface area contributed by atoms with Gasteiger partial charge in [-0.3, -0.25) is 9.59 Å². The van der Waals surface area contributed by atoms with Crippen LogP contribution in [0.25, 0.3) is 0 Å². The Balaban J connectivity index is 1.60. The Morgan fingerprint density at radius 3 is 2.51 bits per heavy atom. The minimum absolute atomic E-state index is 0.00910. The topological polar surface area (TPSA) is 85.5 Å². The van der Waals surface area contributed by atoms with Crippen molar-refractivity contribution in [3.05, 3.63) is 82.9 Å². The summed E-state index contributed by atoms with van der Waals surface area (Å²) in [4.78, 5) is 27.8. The van der Waals surface area contributed by atoms with Crippen LogP contribution in [0.5, 0.6) is 0 Å². The summed E-state index contributed by atoms with van der Waals surface area (Å²) >= 11 is 0. The monoisotopic (exact) mass is 483 g/mol. The number of hydrogen-bond acceptors (Lipinski definition) is 5. The maximum atomic E-state index is 14.8. The summed E-state index contributed by atoms with van der Waals surface area (Å²) in [5.74, 6) is -1.16. The van der Waals surface area contributed by atoms with Gasteiger partial charge in [-0.2, -0.15) is 5.53 Å². The van der Waals surface area contributed by atoms with Gasteiger partial charge in [0.25, 0.3) is 0 Å². The van der Waals surface area contributed by atoms with Gasteiger partial charge >= 0.3 is 0 Å². The molecule has 2 amide bonds. The Kier molecular flexibility index (Phi) is 7.35. The number of alkyl halides is 1. The standard InChI is InChI=1S/C26H31F2N5O2/c1-15(2)20-10-9-18(11-22(20)28)25(17-7-5-4-6-8-17)30-26(35)23-13-21(27)16(3)33(23)24(34)12-19-14-29-32-31-19/h4-11,14-16,21,23,25,29,31-32H,12-13H2,1-3H3,(H,30,35)/t16-,21+,23-,25-/m0/s1. The molecule has 2 aromatic rings. The van der Waals surface area contributed by atoms with Gasteiger partial charge in [0.2, 0.25) is 11.8 Å². The molecule has 0 aliphatic carbocycles. The lowest BCUT2D eigenvalue weighted by molar-refractivity contribution is -0.140. The molecule has 1 saturated heterocycles. The highest BCUT2D eigenvalue weighted by Gasteiger charge is 2.45. The van der Waals surface area contributed by atoms with Gasteiger partial charge < -0.3 is 21.1 Å². The molecular formula is C26H31F2N5O2. The van der Waals surface area contributed by atoms with Crippen LogP contribution in [0.4, 0.5) is 8.78 Å². The second-order valence-electron chi connectivity index (χ2n) is 9.34. The molecule has 2 aliphatic heterocycles. The number of carbonyl (C=O) groups is 2. The number of hydrogen-bond donors (Lipinski definition) is 4. The zero-order valence-electron chi connectivity index (χ0n) is 20.0. The quantitative estimate of drug-likeness (QED) is 0.486. The van der Waals surface area contributed by atoms with Crippen molar-refractivity contribution < 1.29 is 18.4 Å². The van der Waals surface area contributed by atoms with Crippen molar-refractivity contribution in [2.45, 2.75) is 63.8 Å². The van der Waals surface area contributed by atoms with Crippen molar-refractivity contribution in [1.82, 2.24) is 26.6 Å². The summed E-state index contributed by atoms with van der Waals surface area (Å²) in [6.07, 6.45) is 0.172. The molecule has 186 valence electrons. The Morgan fingerprint density at radius 1 is 1.14 bits per heavy atom. The summed E-state index contributed by atoms with van der Waals surface area (Å²) in [5, 5.41) is 2.97. The Bertz CT molecular complexity index is 1110. The average Bonchev–Trinajstić information content (AvgIpc) is 3.45. The summed E-state index contributed by atoms with van der Waals surface area (Å²) in [7, 11) is 0. The summed E-state index contributed by atoms with van der Waals surface area (Å²) < 4.78 is 29.6. The fourth-order valence-corrected chi connectivity index (χ4v) is 4.68. The third kappa shape index (κ3) is 5.30. The van der Waals surface area contributed by atoms with Crippen molar-refractivity contribution in [3.8, 4) is 0 Å². The molecule has 0 aromatic heterocycles. The van der Waals surface area contributed by atoms with E-state index in [2.05, 4.69) is 21.7 Å². The van der Waals surface area contributed by atoms with Gasteiger partial charge in [0.15, 0.2) is 0 Å². The minimum Gasteiger partial charge on any atom is -0.343 e. The molecule has 0 unspecified atom stereocenters. The van der Waals surface area contributed by atoms with Gasteiger partial charge in [-0.25, -0.2) is 8.78 Å². The van der Waals surface area contributed by atoms with E-state index in [9.17, 15) is 18.4 Å². The molecule has 2 aromatic carbocycles. The highest BCUT2D eigenvalue weighted by molar-refractivity contribution is 5.90. The number of benzene rings is 2. The number of likely N-dealkylation sites (tertiary alicyclic amines) is 1. The lowest BCUT2D eigenvalue weighted by atomic mass is 9.94. The third-order valence-electron chi connectivity index (χ3n) is 6.62. The molecule has 2 heterocycles. The summed E-state index contributed by atoms with van der Waals surface area (Å²) in [6.45, 7) is 5.44. The highest BCUT2D eigenvalue weighted by Crippen LogP contribution is 2.31. The van der Waals surface area contributed by atoms with Crippen LogP contribution in [0.3, 0.4) is 0 Å². The molecule has 4 atom stereocenters. The van der Waals surface area contributed by atoms with E-state index in [1.807, 2.05) is 44.2 Å². The second-order valence-corrected chi connectivity index (χ2v) is 9.34. The van der Waals surface area contributed by atoms with E-state index in [4.69, 9.17) is 0 Å². The van der Waals surface area contributed by atoms with Gasteiger partial charge in [0.05, 0.1) is 24.2 Å². The smallest absolute Gasteiger partial charge is 0.243 e. The molecule has 7 nitrogen and oxygen atoms in total. The van der Waals surface area contributed by atoms with E-state index in [-0.39, 0.29) is 30.5 Å². The van der Waals surface area contributed by atoms with Crippen LogP contribution in [-0.4, -0.2) is 35.0 Å². The molecule has 4 rings (SSSR count). The van der Waals surface area contributed by atoms with Crippen LogP contribution in [0, 0.1) is 5.82 Å². The van der Waals surface area contributed by atoms with Crippen molar-refractivity contribution in [3.63, 3.8) is 0 Å². The van der Waals surface area contributed by atoms with E-state index in [1.54, 1.807) is 25.3 Å². The predicted octanol–water partition coefficient (Wildman–Crippen LogP) is 3.33. The number of hydrazine groups is 2. The number of halogens is 2. The van der Waals surface area contributed by atoms with Crippen molar-refractivity contribution >= 4 is 11.8 Å². The molecule has 0 radical (unpaired) electrons. The first-order chi connectivity index (χ1) is 16.8. The van der Waals surface area contributed by atoms with Crippen LogP contribution in [0.2, 0.25) is 0 Å². The average molecular weight is 484 g/mol. The number of nitrogens with zero attached hydrogens (tertiary/aromatic N) is 1. The molecule has 0 spiro atoms. The first-order valence-electron chi connectivity index (χ1n) is 11.8. The van der Waals surface area contributed by atoms with Gasteiger partial charge in [0.1, 0.15) is 18.0 Å². The van der Waals surface area contributed by atoms with Crippen LogP contribution < -0.4 is 21.7 Å². The largest absolute Gasteiger partial charge is 0.343 e. The Hall–Kier alpha value is -3.46. The number of carbonyl (C=O) groups excluding carboxylic acids is 2. The molecule has 9 heteroatoms. The molecule has 1 fully saturated rings. The lowest BCUT2D eigenvalue weighted by Crippen LogP contribution is -2.49. The van der Waals surface area contributed by atoms with Crippen LogP contribution in [0.15, 0.2) is 60.4 Å². The van der Waals surface area contributed by atoms with Crippen molar-refractivity contribution in [2.24, 2.45) is 0 Å². The first-order valence-corrected chi connectivity index (χ1v) is 11.8. The van der Waals surface area contributed by atoms with Crippen LogP contribution in [0.1, 0.15) is 62.3 Å². The van der Waals surface area contributed by atoms with Crippen LogP contribution in [-0.2, 0) is 9.59 Å². The maximum Gasteiger partial charge on any atom is 0.243 e. The van der Waals surface area contributed by atoms with Crippen LogP contribution >= 0.6 is 0 Å². The second kappa shape index (κ2) is 10.4. The Labute approximate surface area is 203 Å². The minimum atomic E-state index is -1.32.